The Hall–Kier alpha value is -1.96. The lowest BCUT2D eigenvalue weighted by atomic mass is 9.81. The van der Waals surface area contributed by atoms with Crippen LogP contribution < -0.4 is 0 Å². The quantitative estimate of drug-likeness (QED) is 0.706. The van der Waals surface area contributed by atoms with Crippen molar-refractivity contribution in [3.8, 4) is 0 Å². The summed E-state index contributed by atoms with van der Waals surface area (Å²) >= 11 is 0. The zero-order valence-electron chi connectivity index (χ0n) is 15.1. The number of amides is 3. The van der Waals surface area contributed by atoms with Gasteiger partial charge < -0.3 is 14.7 Å². The average molecular weight is 376 g/mol. The molecule has 1 aliphatic carbocycles. The molecule has 2 bridgehead atoms. The number of carbonyl (C=O) groups excluding carboxylic acids is 3. The summed E-state index contributed by atoms with van der Waals surface area (Å²) in [6, 6.07) is 0. The van der Waals surface area contributed by atoms with E-state index < -0.39 is 11.4 Å². The number of aliphatic carboxylic acids is 1. The van der Waals surface area contributed by atoms with Crippen LogP contribution in [0.3, 0.4) is 0 Å². The van der Waals surface area contributed by atoms with Crippen molar-refractivity contribution in [2.24, 2.45) is 23.2 Å². The topological polar surface area (TPSA) is 104 Å². The molecule has 8 heteroatoms. The van der Waals surface area contributed by atoms with Crippen molar-refractivity contribution < 1.29 is 29.0 Å². The van der Waals surface area contributed by atoms with Gasteiger partial charge in [-0.05, 0) is 31.6 Å². The van der Waals surface area contributed by atoms with Crippen LogP contribution in [0.15, 0.2) is 0 Å². The van der Waals surface area contributed by atoms with Crippen LogP contribution >= 0.6 is 0 Å². The highest BCUT2D eigenvalue weighted by Gasteiger charge is 2.62. The molecule has 0 aromatic heterocycles. The smallest absolute Gasteiger partial charge is 0.311 e. The second-order valence-electron chi connectivity index (χ2n) is 8.74. The van der Waals surface area contributed by atoms with E-state index in [1.165, 1.54) is 4.90 Å². The van der Waals surface area contributed by atoms with Gasteiger partial charge in [0, 0.05) is 26.1 Å². The van der Waals surface area contributed by atoms with Gasteiger partial charge in [-0.2, -0.15) is 0 Å². The third kappa shape index (κ3) is 2.25. The van der Waals surface area contributed by atoms with Crippen LogP contribution in [0.5, 0.6) is 0 Å². The number of nitrogens with zero attached hydrogens (tertiary/aromatic N) is 2. The summed E-state index contributed by atoms with van der Waals surface area (Å²) in [5.41, 5.74) is -0.803. The van der Waals surface area contributed by atoms with Crippen molar-refractivity contribution in [1.82, 2.24) is 9.80 Å². The lowest BCUT2D eigenvalue weighted by Gasteiger charge is -2.24. The number of rotatable bonds is 4. The predicted molar refractivity (Wildman–Crippen MR) is 90.2 cm³/mol. The molecule has 0 spiro atoms. The fraction of sp³-hybridized carbons (Fsp3) is 0.789. The van der Waals surface area contributed by atoms with Crippen LogP contribution in [0, 0.1) is 23.2 Å². The second kappa shape index (κ2) is 5.77. The Balaban J connectivity index is 1.23. The van der Waals surface area contributed by atoms with Crippen LogP contribution in [0.4, 0.5) is 0 Å². The molecule has 4 saturated heterocycles. The molecule has 1 saturated carbocycles. The Morgan fingerprint density at radius 2 is 1.78 bits per heavy atom. The van der Waals surface area contributed by atoms with Crippen molar-refractivity contribution in [3.05, 3.63) is 0 Å². The molecule has 5 aliphatic rings. The van der Waals surface area contributed by atoms with E-state index in [0.717, 1.165) is 25.7 Å². The van der Waals surface area contributed by atoms with E-state index in [2.05, 4.69) is 0 Å². The average Bonchev–Trinajstić information content (AvgIpc) is 3.39. The molecular weight excluding hydrogens is 352 g/mol. The lowest BCUT2D eigenvalue weighted by molar-refractivity contribution is -0.149. The Labute approximate surface area is 156 Å². The molecule has 8 nitrogen and oxygen atoms in total. The van der Waals surface area contributed by atoms with Crippen LogP contribution in [0.2, 0.25) is 0 Å². The van der Waals surface area contributed by atoms with Crippen LogP contribution in [-0.4, -0.2) is 70.4 Å². The maximum absolute atomic E-state index is 12.7. The fourth-order valence-electron chi connectivity index (χ4n) is 6.19. The predicted octanol–water partition coefficient (Wildman–Crippen LogP) is 0.252. The SMILES string of the molecule is O=C(CCN1C(=O)C2C3CCC(O3)C2C1=O)N1C[C@@H]2CCC[C@@]2(C(=O)O)C1. The van der Waals surface area contributed by atoms with Gasteiger partial charge in [0.2, 0.25) is 17.7 Å². The summed E-state index contributed by atoms with van der Waals surface area (Å²) in [5, 5.41) is 9.65. The first-order valence-corrected chi connectivity index (χ1v) is 9.94. The summed E-state index contributed by atoms with van der Waals surface area (Å²) in [6.45, 7) is 0.803. The van der Waals surface area contributed by atoms with Gasteiger partial charge in [-0.1, -0.05) is 6.42 Å². The maximum Gasteiger partial charge on any atom is 0.311 e. The standard InChI is InChI=1S/C19H24N2O6/c22-13(20-8-10-2-1-6-19(10,9-20)18(25)26)5-7-21-16(23)14-11-3-4-12(27-11)15(14)17(21)24/h10-12,14-15H,1-9H2,(H,25,26)/t10-,11?,12?,14?,15?,19+/m0/s1. The number of carboxylic acids is 1. The number of carboxylic acid groups (broad SMARTS) is 1. The fourth-order valence-corrected chi connectivity index (χ4v) is 6.19. The van der Waals surface area contributed by atoms with Gasteiger partial charge in [-0.15, -0.1) is 0 Å². The van der Waals surface area contributed by atoms with Gasteiger partial charge in [0.05, 0.1) is 29.5 Å². The Morgan fingerprint density at radius 3 is 2.37 bits per heavy atom. The monoisotopic (exact) mass is 376 g/mol. The molecule has 6 atom stereocenters. The number of ether oxygens (including phenoxy) is 1. The van der Waals surface area contributed by atoms with E-state index in [4.69, 9.17) is 4.74 Å². The number of imide groups is 1. The summed E-state index contributed by atoms with van der Waals surface area (Å²) in [6.07, 6.45) is 3.76. The summed E-state index contributed by atoms with van der Waals surface area (Å²) in [7, 11) is 0. The van der Waals surface area contributed by atoms with E-state index in [-0.39, 0.29) is 67.2 Å². The largest absolute Gasteiger partial charge is 0.481 e. The van der Waals surface area contributed by atoms with Crippen molar-refractivity contribution in [3.63, 3.8) is 0 Å². The number of carbonyl (C=O) groups is 4. The maximum atomic E-state index is 12.7. The van der Waals surface area contributed by atoms with E-state index in [9.17, 15) is 24.3 Å². The van der Waals surface area contributed by atoms with Crippen molar-refractivity contribution in [2.45, 2.75) is 50.7 Å². The van der Waals surface area contributed by atoms with Gasteiger partial charge >= 0.3 is 5.97 Å². The van der Waals surface area contributed by atoms with Crippen molar-refractivity contribution >= 4 is 23.7 Å². The molecule has 5 rings (SSSR count). The van der Waals surface area contributed by atoms with Gasteiger partial charge in [0.15, 0.2) is 0 Å². The molecule has 5 fully saturated rings. The highest BCUT2D eigenvalue weighted by Crippen LogP contribution is 2.50. The molecule has 4 aliphatic heterocycles. The minimum absolute atomic E-state index is 0.0149. The van der Waals surface area contributed by atoms with Gasteiger partial charge in [0.25, 0.3) is 0 Å². The summed E-state index contributed by atoms with van der Waals surface area (Å²) < 4.78 is 5.71. The zero-order valence-corrected chi connectivity index (χ0v) is 15.1. The molecule has 27 heavy (non-hydrogen) atoms. The molecular formula is C19H24N2O6. The van der Waals surface area contributed by atoms with E-state index >= 15 is 0 Å². The normalized spacial score (nSPS) is 42.1. The Bertz CT molecular complexity index is 710. The summed E-state index contributed by atoms with van der Waals surface area (Å²) in [4.78, 5) is 52.6. The Morgan fingerprint density at radius 1 is 1.11 bits per heavy atom. The van der Waals surface area contributed by atoms with Crippen LogP contribution in [0.1, 0.15) is 38.5 Å². The first-order valence-electron chi connectivity index (χ1n) is 9.94. The second-order valence-corrected chi connectivity index (χ2v) is 8.74. The number of hydrogen-bond acceptors (Lipinski definition) is 5. The minimum atomic E-state index is -0.812. The number of fused-ring (bicyclic) bond motifs is 6. The highest BCUT2D eigenvalue weighted by atomic mass is 16.5. The number of hydrogen-bond donors (Lipinski definition) is 1. The summed E-state index contributed by atoms with van der Waals surface area (Å²) in [5.74, 6) is -2.10. The first-order chi connectivity index (χ1) is 12.9. The first kappa shape index (κ1) is 17.2. The van der Waals surface area contributed by atoms with Gasteiger partial charge in [-0.25, -0.2) is 0 Å². The lowest BCUT2D eigenvalue weighted by Crippen LogP contribution is -2.40. The molecule has 4 unspecified atom stereocenters. The molecule has 0 aromatic carbocycles. The number of likely N-dealkylation sites (tertiary alicyclic amines) is 2. The zero-order chi connectivity index (χ0) is 18.9. The van der Waals surface area contributed by atoms with E-state index in [1.807, 2.05) is 0 Å². The molecule has 1 N–H and O–H groups in total. The molecule has 3 amide bonds. The molecule has 0 radical (unpaired) electrons. The van der Waals surface area contributed by atoms with Gasteiger partial charge in [-0.3, -0.25) is 24.1 Å². The third-order valence-electron chi connectivity index (χ3n) is 7.57. The van der Waals surface area contributed by atoms with E-state index in [1.54, 1.807) is 4.90 Å². The molecule has 146 valence electrons. The van der Waals surface area contributed by atoms with Crippen molar-refractivity contribution in [2.75, 3.05) is 19.6 Å². The third-order valence-corrected chi connectivity index (χ3v) is 7.57. The van der Waals surface area contributed by atoms with Crippen LogP contribution in [0.25, 0.3) is 0 Å². The van der Waals surface area contributed by atoms with Crippen molar-refractivity contribution in [1.29, 1.82) is 0 Å². The Kier molecular flexibility index (Phi) is 3.67. The molecule has 0 aromatic rings. The highest BCUT2D eigenvalue weighted by molar-refractivity contribution is 6.06. The van der Waals surface area contributed by atoms with E-state index in [0.29, 0.717) is 13.0 Å². The molecule has 4 heterocycles. The van der Waals surface area contributed by atoms with Gasteiger partial charge in [0.1, 0.15) is 0 Å². The minimum Gasteiger partial charge on any atom is -0.481 e. The van der Waals surface area contributed by atoms with Crippen LogP contribution in [-0.2, 0) is 23.9 Å².